The van der Waals surface area contributed by atoms with E-state index in [1.54, 1.807) is 12.1 Å². The van der Waals surface area contributed by atoms with Gasteiger partial charge in [0.1, 0.15) is 10.1 Å². The van der Waals surface area contributed by atoms with Gasteiger partial charge in [-0.05, 0) is 40.8 Å². The molecule has 0 unspecified atom stereocenters. The topological polar surface area (TPSA) is 57.2 Å². The van der Waals surface area contributed by atoms with Crippen molar-refractivity contribution in [2.24, 2.45) is 0 Å². The molecule has 0 N–H and O–H groups in total. The molecule has 0 saturated carbocycles. The fraction of sp³-hybridized carbons (Fsp3) is 0.375. The standard InChI is InChI=1S/C16H20O3S.Na/c1-3-5-12-7-9-14-15(11-12)13(6-4-2)8-10-16(14)20(17,18)19;/h7-11H,3-6H2,1-2H3,(H,17,18,19);/q;+1/p-1. The molecule has 0 bridgehead atoms. The van der Waals surface area contributed by atoms with Crippen LogP contribution in [0.2, 0.25) is 0 Å². The average molecular weight is 314 g/mol. The van der Waals surface area contributed by atoms with Crippen LogP contribution in [0.5, 0.6) is 0 Å². The maximum absolute atomic E-state index is 11.4. The molecule has 0 heterocycles. The number of aryl methyl sites for hydroxylation is 2. The van der Waals surface area contributed by atoms with Crippen LogP contribution in [0.25, 0.3) is 10.8 Å². The van der Waals surface area contributed by atoms with Crippen molar-refractivity contribution >= 4 is 20.9 Å². The van der Waals surface area contributed by atoms with Crippen molar-refractivity contribution in [2.45, 2.75) is 44.4 Å². The average Bonchev–Trinajstić information content (AvgIpc) is 2.38. The Labute approximate surface area is 148 Å². The summed E-state index contributed by atoms with van der Waals surface area (Å²) >= 11 is 0. The predicted molar refractivity (Wildman–Crippen MR) is 79.9 cm³/mol. The van der Waals surface area contributed by atoms with E-state index in [0.29, 0.717) is 5.39 Å². The van der Waals surface area contributed by atoms with Gasteiger partial charge in [-0.25, -0.2) is 8.42 Å². The molecule has 0 saturated heterocycles. The molecule has 0 aromatic heterocycles. The molecule has 2 aromatic carbocycles. The van der Waals surface area contributed by atoms with E-state index in [4.69, 9.17) is 0 Å². The molecule has 0 atom stereocenters. The second-order valence-electron chi connectivity index (χ2n) is 5.06. The first kappa shape index (κ1) is 18.7. The van der Waals surface area contributed by atoms with Crippen LogP contribution in [0.4, 0.5) is 0 Å². The van der Waals surface area contributed by atoms with Gasteiger partial charge < -0.3 is 4.55 Å². The molecule has 0 spiro atoms. The maximum Gasteiger partial charge on any atom is 1.00 e. The summed E-state index contributed by atoms with van der Waals surface area (Å²) in [5.41, 5.74) is 2.28. The van der Waals surface area contributed by atoms with Crippen LogP contribution < -0.4 is 29.6 Å². The third-order valence-corrected chi connectivity index (χ3v) is 4.35. The Kier molecular flexibility index (Phi) is 6.88. The van der Waals surface area contributed by atoms with Gasteiger partial charge >= 0.3 is 29.6 Å². The number of fused-ring (bicyclic) bond motifs is 1. The second kappa shape index (κ2) is 7.75. The summed E-state index contributed by atoms with van der Waals surface area (Å²) in [5, 5.41) is 1.44. The minimum atomic E-state index is -4.44. The van der Waals surface area contributed by atoms with E-state index in [1.165, 1.54) is 11.6 Å². The largest absolute Gasteiger partial charge is 1.00 e. The predicted octanol–water partition coefficient (Wildman–Crippen LogP) is 0.653. The Morgan fingerprint density at radius 3 is 2.19 bits per heavy atom. The van der Waals surface area contributed by atoms with E-state index in [-0.39, 0.29) is 34.5 Å². The summed E-state index contributed by atoms with van der Waals surface area (Å²) in [5.74, 6) is 0. The Bertz CT molecular complexity index is 724. The first-order valence-corrected chi connectivity index (χ1v) is 8.38. The van der Waals surface area contributed by atoms with Gasteiger partial charge in [-0.2, -0.15) is 0 Å². The monoisotopic (exact) mass is 314 g/mol. The zero-order valence-corrected chi connectivity index (χ0v) is 15.7. The Morgan fingerprint density at radius 2 is 1.62 bits per heavy atom. The molecule has 21 heavy (non-hydrogen) atoms. The molecule has 0 amide bonds. The first-order chi connectivity index (χ1) is 9.47. The van der Waals surface area contributed by atoms with Gasteiger partial charge in [-0.3, -0.25) is 0 Å². The summed E-state index contributed by atoms with van der Waals surface area (Å²) in [6, 6.07) is 8.92. The van der Waals surface area contributed by atoms with Gasteiger partial charge in [0.2, 0.25) is 0 Å². The van der Waals surface area contributed by atoms with Gasteiger partial charge in [-0.15, -0.1) is 0 Å². The van der Waals surface area contributed by atoms with Crippen molar-refractivity contribution in [2.75, 3.05) is 0 Å². The van der Waals surface area contributed by atoms with Crippen molar-refractivity contribution in [3.8, 4) is 0 Å². The molecule has 0 aliphatic heterocycles. The molecule has 0 radical (unpaired) electrons. The van der Waals surface area contributed by atoms with Crippen molar-refractivity contribution in [1.29, 1.82) is 0 Å². The van der Waals surface area contributed by atoms with Gasteiger partial charge in [0.15, 0.2) is 0 Å². The van der Waals surface area contributed by atoms with E-state index in [2.05, 4.69) is 13.8 Å². The number of benzene rings is 2. The van der Waals surface area contributed by atoms with Crippen molar-refractivity contribution < 1.29 is 42.5 Å². The molecule has 0 fully saturated rings. The van der Waals surface area contributed by atoms with E-state index >= 15 is 0 Å². The molecular weight excluding hydrogens is 295 g/mol. The smallest absolute Gasteiger partial charge is 0.744 e. The molecule has 2 aromatic rings. The first-order valence-electron chi connectivity index (χ1n) is 6.97. The summed E-state index contributed by atoms with van der Waals surface area (Å²) in [6.07, 6.45) is 3.85. The summed E-state index contributed by atoms with van der Waals surface area (Å²) in [4.78, 5) is -0.115. The molecule has 3 nitrogen and oxygen atoms in total. The molecule has 0 aliphatic rings. The number of hydrogen-bond donors (Lipinski definition) is 0. The molecule has 108 valence electrons. The van der Waals surface area contributed by atoms with E-state index in [0.717, 1.165) is 36.6 Å². The van der Waals surface area contributed by atoms with Crippen LogP contribution >= 0.6 is 0 Å². The zero-order chi connectivity index (χ0) is 14.8. The fourth-order valence-corrected chi connectivity index (χ4v) is 3.26. The van der Waals surface area contributed by atoms with Crippen LogP contribution in [0, 0.1) is 0 Å². The van der Waals surface area contributed by atoms with Crippen LogP contribution in [0.15, 0.2) is 35.2 Å². The summed E-state index contributed by atoms with van der Waals surface area (Å²) in [7, 11) is -4.44. The van der Waals surface area contributed by atoms with Crippen molar-refractivity contribution in [1.82, 2.24) is 0 Å². The van der Waals surface area contributed by atoms with Gasteiger partial charge in [0.25, 0.3) is 0 Å². The molecular formula is C16H19NaO3S. The van der Waals surface area contributed by atoms with E-state index in [9.17, 15) is 13.0 Å². The fourth-order valence-electron chi connectivity index (χ4n) is 2.58. The van der Waals surface area contributed by atoms with Crippen LogP contribution in [-0.4, -0.2) is 13.0 Å². The van der Waals surface area contributed by atoms with Crippen LogP contribution in [0.3, 0.4) is 0 Å². The van der Waals surface area contributed by atoms with Gasteiger partial charge in [0, 0.05) is 0 Å². The molecule has 0 aliphatic carbocycles. The number of hydrogen-bond acceptors (Lipinski definition) is 3. The van der Waals surface area contributed by atoms with E-state index in [1.807, 2.05) is 12.1 Å². The molecule has 2 rings (SSSR count). The van der Waals surface area contributed by atoms with Crippen LogP contribution in [-0.2, 0) is 23.0 Å². The summed E-state index contributed by atoms with van der Waals surface area (Å²) in [6.45, 7) is 4.19. The number of rotatable bonds is 5. The third-order valence-electron chi connectivity index (χ3n) is 3.46. The maximum atomic E-state index is 11.4. The van der Waals surface area contributed by atoms with Crippen LogP contribution in [0.1, 0.15) is 37.8 Å². The van der Waals surface area contributed by atoms with E-state index < -0.39 is 10.1 Å². The second-order valence-corrected chi connectivity index (χ2v) is 6.40. The Balaban J connectivity index is 0.00000220. The quantitative estimate of drug-likeness (QED) is 0.601. The van der Waals surface area contributed by atoms with Gasteiger partial charge in [0.05, 0.1) is 4.90 Å². The van der Waals surface area contributed by atoms with Crippen molar-refractivity contribution in [3.63, 3.8) is 0 Å². The molecule has 5 heteroatoms. The third kappa shape index (κ3) is 4.30. The Morgan fingerprint density at radius 1 is 0.952 bits per heavy atom. The SMILES string of the molecule is CCCc1ccc2c(S(=O)(=O)[O-])ccc(CCC)c2c1.[Na+]. The minimum Gasteiger partial charge on any atom is -0.744 e. The summed E-state index contributed by atoms with van der Waals surface area (Å²) < 4.78 is 34.1. The minimum absolute atomic E-state index is 0. The van der Waals surface area contributed by atoms with Crippen molar-refractivity contribution in [3.05, 3.63) is 41.5 Å². The normalized spacial score (nSPS) is 11.4. The van der Waals surface area contributed by atoms with Gasteiger partial charge in [-0.1, -0.05) is 51.0 Å². The Hall–Kier alpha value is -0.390. The zero-order valence-electron chi connectivity index (χ0n) is 12.8.